The lowest BCUT2D eigenvalue weighted by Gasteiger charge is -2.33. The van der Waals surface area contributed by atoms with Gasteiger partial charge in [0.2, 0.25) is 0 Å². The van der Waals surface area contributed by atoms with Crippen molar-refractivity contribution in [1.29, 1.82) is 0 Å². The van der Waals surface area contributed by atoms with Gasteiger partial charge < -0.3 is 5.32 Å². The van der Waals surface area contributed by atoms with Gasteiger partial charge in [-0.1, -0.05) is 12.1 Å². The second kappa shape index (κ2) is 3.87. The summed E-state index contributed by atoms with van der Waals surface area (Å²) in [6.45, 7) is 4.22. The number of nitrogens with one attached hydrogen (secondary N) is 1. The van der Waals surface area contributed by atoms with Gasteiger partial charge in [0, 0.05) is 18.8 Å². The Morgan fingerprint density at radius 1 is 1.54 bits per heavy atom. The van der Waals surface area contributed by atoms with Crippen molar-refractivity contribution in [3.63, 3.8) is 0 Å². The van der Waals surface area contributed by atoms with Gasteiger partial charge in [0.25, 0.3) is 0 Å². The molecule has 4 heteroatoms. The number of aromatic nitrogens is 3. The van der Waals surface area contributed by atoms with Crippen molar-refractivity contribution in [3.05, 3.63) is 12.4 Å². The molecule has 72 valence electrons. The molecule has 1 aromatic rings. The first-order valence-corrected chi connectivity index (χ1v) is 4.92. The highest BCUT2D eigenvalue weighted by Gasteiger charge is 2.23. The Morgan fingerprint density at radius 3 is 3.00 bits per heavy atom. The summed E-state index contributed by atoms with van der Waals surface area (Å²) in [5.41, 5.74) is 0. The SMILES string of the molecule is CC1CC(NCCn2ccnn2)C1. The summed E-state index contributed by atoms with van der Waals surface area (Å²) in [6, 6.07) is 0.749. The van der Waals surface area contributed by atoms with Crippen molar-refractivity contribution in [3.8, 4) is 0 Å². The summed E-state index contributed by atoms with van der Waals surface area (Å²) >= 11 is 0. The van der Waals surface area contributed by atoms with Crippen LogP contribution in [0.15, 0.2) is 12.4 Å². The molecule has 1 fully saturated rings. The first kappa shape index (κ1) is 8.69. The van der Waals surface area contributed by atoms with Crippen molar-refractivity contribution >= 4 is 0 Å². The Kier molecular flexibility index (Phi) is 2.59. The molecule has 4 nitrogen and oxygen atoms in total. The van der Waals surface area contributed by atoms with E-state index in [-0.39, 0.29) is 0 Å². The molecule has 0 aromatic carbocycles. The molecular formula is C9H16N4. The molecule has 0 amide bonds. The van der Waals surface area contributed by atoms with Crippen LogP contribution in [-0.2, 0) is 6.54 Å². The van der Waals surface area contributed by atoms with E-state index in [4.69, 9.17) is 0 Å². The minimum atomic E-state index is 0.749. The van der Waals surface area contributed by atoms with Crippen LogP contribution in [0.4, 0.5) is 0 Å². The topological polar surface area (TPSA) is 42.7 Å². The summed E-state index contributed by atoms with van der Waals surface area (Å²) < 4.78 is 1.86. The third-order valence-corrected chi connectivity index (χ3v) is 2.62. The van der Waals surface area contributed by atoms with Gasteiger partial charge >= 0.3 is 0 Å². The van der Waals surface area contributed by atoms with E-state index in [1.165, 1.54) is 12.8 Å². The van der Waals surface area contributed by atoms with E-state index in [1.54, 1.807) is 6.20 Å². The average molecular weight is 180 g/mol. The molecule has 0 spiro atoms. The summed E-state index contributed by atoms with van der Waals surface area (Å²) in [6.07, 6.45) is 6.27. The molecule has 1 aromatic heterocycles. The van der Waals surface area contributed by atoms with Crippen LogP contribution < -0.4 is 5.32 Å². The molecule has 1 heterocycles. The average Bonchev–Trinajstić information content (AvgIpc) is 2.53. The molecule has 0 bridgehead atoms. The summed E-state index contributed by atoms with van der Waals surface area (Å²) in [5.74, 6) is 0.920. The van der Waals surface area contributed by atoms with Gasteiger partial charge in [-0.15, -0.1) is 5.10 Å². The van der Waals surface area contributed by atoms with E-state index in [1.807, 2.05) is 10.9 Å². The van der Waals surface area contributed by atoms with E-state index in [0.29, 0.717) is 0 Å². The van der Waals surface area contributed by atoms with E-state index < -0.39 is 0 Å². The standard InChI is InChI=1S/C9H16N4/c1-8-6-9(7-8)10-2-4-13-5-3-11-12-13/h3,5,8-10H,2,4,6-7H2,1H3. The fourth-order valence-corrected chi connectivity index (χ4v) is 1.80. The maximum Gasteiger partial charge on any atom is 0.0692 e. The highest BCUT2D eigenvalue weighted by atomic mass is 15.4. The highest BCUT2D eigenvalue weighted by Crippen LogP contribution is 2.25. The predicted molar refractivity (Wildman–Crippen MR) is 50.2 cm³/mol. The highest BCUT2D eigenvalue weighted by molar-refractivity contribution is 4.82. The Bertz CT molecular complexity index is 238. The molecule has 0 aliphatic heterocycles. The second-order valence-electron chi connectivity index (χ2n) is 3.89. The van der Waals surface area contributed by atoms with Gasteiger partial charge in [-0.25, -0.2) is 0 Å². The van der Waals surface area contributed by atoms with Crippen LogP contribution in [0.5, 0.6) is 0 Å². The Labute approximate surface area is 78.3 Å². The van der Waals surface area contributed by atoms with Crippen LogP contribution in [0.25, 0.3) is 0 Å². The van der Waals surface area contributed by atoms with Gasteiger partial charge in [-0.2, -0.15) is 0 Å². The van der Waals surface area contributed by atoms with Gasteiger partial charge in [0.1, 0.15) is 0 Å². The van der Waals surface area contributed by atoms with E-state index in [0.717, 1.165) is 25.0 Å². The maximum atomic E-state index is 3.90. The van der Waals surface area contributed by atoms with Gasteiger partial charge in [0.05, 0.1) is 12.7 Å². The van der Waals surface area contributed by atoms with Crippen molar-refractivity contribution in [1.82, 2.24) is 20.3 Å². The lowest BCUT2D eigenvalue weighted by molar-refractivity contribution is 0.239. The van der Waals surface area contributed by atoms with Gasteiger partial charge in [-0.3, -0.25) is 4.68 Å². The molecule has 1 aliphatic carbocycles. The van der Waals surface area contributed by atoms with E-state index in [2.05, 4.69) is 22.6 Å². The number of hydrogen-bond acceptors (Lipinski definition) is 3. The van der Waals surface area contributed by atoms with E-state index >= 15 is 0 Å². The van der Waals surface area contributed by atoms with E-state index in [9.17, 15) is 0 Å². The fraction of sp³-hybridized carbons (Fsp3) is 0.778. The smallest absolute Gasteiger partial charge is 0.0692 e. The Balaban J connectivity index is 1.59. The second-order valence-corrected chi connectivity index (χ2v) is 3.89. The monoisotopic (exact) mass is 180 g/mol. The molecule has 0 unspecified atom stereocenters. The number of nitrogens with zero attached hydrogens (tertiary/aromatic N) is 3. The van der Waals surface area contributed by atoms with Crippen molar-refractivity contribution < 1.29 is 0 Å². The van der Waals surface area contributed by atoms with Gasteiger partial charge in [0.15, 0.2) is 0 Å². The minimum absolute atomic E-state index is 0.749. The Morgan fingerprint density at radius 2 is 2.38 bits per heavy atom. The zero-order valence-corrected chi connectivity index (χ0v) is 7.98. The van der Waals surface area contributed by atoms with Crippen LogP contribution in [0, 0.1) is 5.92 Å². The quantitative estimate of drug-likeness (QED) is 0.740. The largest absolute Gasteiger partial charge is 0.312 e. The number of hydrogen-bond donors (Lipinski definition) is 1. The summed E-state index contributed by atoms with van der Waals surface area (Å²) in [7, 11) is 0. The fourth-order valence-electron chi connectivity index (χ4n) is 1.80. The zero-order valence-electron chi connectivity index (χ0n) is 7.98. The van der Waals surface area contributed by atoms with Crippen LogP contribution in [-0.4, -0.2) is 27.6 Å². The molecule has 0 radical (unpaired) electrons. The minimum Gasteiger partial charge on any atom is -0.312 e. The maximum absolute atomic E-state index is 3.90. The van der Waals surface area contributed by atoms with Crippen LogP contribution in [0.1, 0.15) is 19.8 Å². The molecule has 2 rings (SSSR count). The molecule has 1 aliphatic rings. The number of rotatable bonds is 4. The lowest BCUT2D eigenvalue weighted by Crippen LogP contribution is -2.41. The lowest BCUT2D eigenvalue weighted by atomic mass is 9.82. The molecule has 1 saturated carbocycles. The molecule has 1 N–H and O–H groups in total. The molecular weight excluding hydrogens is 164 g/mol. The summed E-state index contributed by atoms with van der Waals surface area (Å²) in [4.78, 5) is 0. The first-order valence-electron chi connectivity index (χ1n) is 4.92. The van der Waals surface area contributed by atoms with Crippen molar-refractivity contribution in [2.45, 2.75) is 32.4 Å². The summed E-state index contributed by atoms with van der Waals surface area (Å²) in [5, 5.41) is 11.1. The third-order valence-electron chi connectivity index (χ3n) is 2.62. The normalized spacial score (nSPS) is 27.2. The van der Waals surface area contributed by atoms with Crippen LogP contribution >= 0.6 is 0 Å². The zero-order chi connectivity index (χ0) is 9.10. The molecule has 0 atom stereocenters. The molecule has 0 saturated heterocycles. The first-order chi connectivity index (χ1) is 6.34. The molecule has 13 heavy (non-hydrogen) atoms. The predicted octanol–water partition coefficient (Wildman–Crippen LogP) is 0.666. The Hall–Kier alpha value is -0.900. The van der Waals surface area contributed by atoms with Gasteiger partial charge in [-0.05, 0) is 18.8 Å². The van der Waals surface area contributed by atoms with Crippen molar-refractivity contribution in [2.24, 2.45) is 5.92 Å². The third kappa shape index (κ3) is 2.28. The van der Waals surface area contributed by atoms with Crippen molar-refractivity contribution in [2.75, 3.05) is 6.54 Å². The van der Waals surface area contributed by atoms with Crippen LogP contribution in [0.3, 0.4) is 0 Å². The van der Waals surface area contributed by atoms with Crippen LogP contribution in [0.2, 0.25) is 0 Å².